The van der Waals surface area contributed by atoms with Gasteiger partial charge in [0.1, 0.15) is 6.54 Å². The number of rotatable bonds is 5. The molecule has 0 radical (unpaired) electrons. The Bertz CT molecular complexity index is 1310. The van der Waals surface area contributed by atoms with E-state index >= 15 is 0 Å². The Labute approximate surface area is 185 Å². The van der Waals surface area contributed by atoms with Gasteiger partial charge in [0.15, 0.2) is 0 Å². The maximum atomic E-state index is 13.0. The van der Waals surface area contributed by atoms with Gasteiger partial charge in [-0.1, -0.05) is 6.07 Å². The summed E-state index contributed by atoms with van der Waals surface area (Å²) in [6.07, 6.45) is 1.74. The summed E-state index contributed by atoms with van der Waals surface area (Å²) < 4.78 is 5.46. The van der Waals surface area contributed by atoms with E-state index in [-0.39, 0.29) is 5.56 Å². The Kier molecular flexibility index (Phi) is 5.57. The molecule has 0 unspecified atom stereocenters. The van der Waals surface area contributed by atoms with Crippen molar-refractivity contribution in [3.05, 3.63) is 72.4 Å². The topological polar surface area (TPSA) is 125 Å². The maximum Gasteiger partial charge on any atom is 0.339 e. The number of aryl methyl sites for hydroxylation is 1. The van der Waals surface area contributed by atoms with Crippen LogP contribution >= 0.6 is 11.3 Å². The van der Waals surface area contributed by atoms with Gasteiger partial charge in [-0.25, -0.2) is 9.78 Å². The number of hydrogen-bond donors (Lipinski definition) is 0. The zero-order valence-electron chi connectivity index (χ0n) is 17.2. The van der Waals surface area contributed by atoms with Crippen LogP contribution in [0, 0.1) is 17.0 Å². The maximum absolute atomic E-state index is 13.0. The standard InChI is InChI=1S/C21H18N4O6S/c1-12-22-16(11-32-12)13-3-4-17-14(7-13)5-6-24(17)19(26)10-23-9-15(21(28)31-2)8-18(20(23)27)25(29)30/h3-4,7-9,11H,5-6,10H2,1-2H3. The molecule has 0 saturated carbocycles. The van der Waals surface area contributed by atoms with Crippen molar-refractivity contribution in [2.75, 3.05) is 18.6 Å². The number of nitrogens with zero attached hydrogens (tertiary/aromatic N) is 4. The van der Waals surface area contributed by atoms with E-state index in [9.17, 15) is 24.5 Å². The van der Waals surface area contributed by atoms with Crippen molar-refractivity contribution in [2.45, 2.75) is 19.9 Å². The van der Waals surface area contributed by atoms with Gasteiger partial charge in [-0.05, 0) is 31.0 Å². The third-order valence-electron chi connectivity index (χ3n) is 5.18. The summed E-state index contributed by atoms with van der Waals surface area (Å²) in [5.74, 6) is -1.26. The molecule has 0 N–H and O–H groups in total. The van der Waals surface area contributed by atoms with Crippen LogP contribution in [0.5, 0.6) is 0 Å². The first-order valence-corrected chi connectivity index (χ1v) is 10.5. The highest BCUT2D eigenvalue weighted by Gasteiger charge is 2.27. The molecule has 1 aliphatic rings. The van der Waals surface area contributed by atoms with Gasteiger partial charge >= 0.3 is 17.2 Å². The van der Waals surface area contributed by atoms with Crippen LogP contribution < -0.4 is 10.5 Å². The Morgan fingerprint density at radius 2 is 2.09 bits per heavy atom. The van der Waals surface area contributed by atoms with Crippen molar-refractivity contribution in [3.63, 3.8) is 0 Å². The summed E-state index contributed by atoms with van der Waals surface area (Å²) in [7, 11) is 1.12. The van der Waals surface area contributed by atoms with Gasteiger partial charge in [0.25, 0.3) is 0 Å². The molecule has 3 heterocycles. The summed E-state index contributed by atoms with van der Waals surface area (Å²) in [6.45, 7) is 1.90. The molecule has 1 aliphatic heterocycles. The number of ether oxygens (including phenoxy) is 1. The van der Waals surface area contributed by atoms with Crippen LogP contribution in [0.25, 0.3) is 11.3 Å². The lowest BCUT2D eigenvalue weighted by Gasteiger charge is -2.18. The summed E-state index contributed by atoms with van der Waals surface area (Å²) >= 11 is 1.56. The normalized spacial score (nSPS) is 12.5. The molecule has 4 rings (SSSR count). The number of esters is 1. The zero-order chi connectivity index (χ0) is 23.0. The molecule has 1 aromatic carbocycles. The second-order valence-electron chi connectivity index (χ2n) is 7.19. The number of pyridine rings is 1. The van der Waals surface area contributed by atoms with Gasteiger partial charge in [0.2, 0.25) is 5.91 Å². The molecule has 0 atom stereocenters. The largest absolute Gasteiger partial charge is 0.465 e. The number of aromatic nitrogens is 2. The number of nitro groups is 1. The number of benzene rings is 1. The highest BCUT2D eigenvalue weighted by atomic mass is 32.1. The number of amides is 1. The lowest BCUT2D eigenvalue weighted by Crippen LogP contribution is -2.36. The summed E-state index contributed by atoms with van der Waals surface area (Å²) in [5, 5.41) is 14.2. The first-order chi connectivity index (χ1) is 15.3. The third-order valence-corrected chi connectivity index (χ3v) is 5.95. The van der Waals surface area contributed by atoms with Crippen molar-refractivity contribution in [1.29, 1.82) is 0 Å². The van der Waals surface area contributed by atoms with E-state index in [1.165, 1.54) is 4.90 Å². The number of fused-ring (bicyclic) bond motifs is 1. The third kappa shape index (κ3) is 3.89. The SMILES string of the molecule is COC(=O)c1cc([N+](=O)[O-])c(=O)n(CC(=O)N2CCc3cc(-c4csc(C)n4)ccc32)c1. The van der Waals surface area contributed by atoms with Gasteiger partial charge in [-0.2, -0.15) is 0 Å². The zero-order valence-corrected chi connectivity index (χ0v) is 18.0. The highest BCUT2D eigenvalue weighted by molar-refractivity contribution is 7.09. The van der Waals surface area contributed by atoms with Gasteiger partial charge in [-0.15, -0.1) is 11.3 Å². The fourth-order valence-corrected chi connectivity index (χ4v) is 4.27. The molecule has 0 spiro atoms. The lowest BCUT2D eigenvalue weighted by atomic mass is 10.1. The lowest BCUT2D eigenvalue weighted by molar-refractivity contribution is -0.386. The molecule has 0 fully saturated rings. The minimum absolute atomic E-state index is 0.184. The Hall–Kier alpha value is -3.86. The second kappa shape index (κ2) is 8.35. The minimum atomic E-state index is -0.968. The quantitative estimate of drug-likeness (QED) is 0.330. The molecule has 164 valence electrons. The predicted molar refractivity (Wildman–Crippen MR) is 117 cm³/mol. The van der Waals surface area contributed by atoms with Crippen molar-refractivity contribution in [3.8, 4) is 11.3 Å². The van der Waals surface area contributed by atoms with Crippen LogP contribution in [0.1, 0.15) is 20.9 Å². The number of anilines is 1. The average molecular weight is 454 g/mol. The van der Waals surface area contributed by atoms with Gasteiger partial charge in [0, 0.05) is 35.4 Å². The molecular weight excluding hydrogens is 436 g/mol. The Balaban J connectivity index is 1.62. The van der Waals surface area contributed by atoms with E-state index in [0.29, 0.717) is 13.0 Å². The summed E-state index contributed by atoms with van der Waals surface area (Å²) in [5.41, 5.74) is 1.58. The average Bonchev–Trinajstić information content (AvgIpc) is 3.40. The predicted octanol–water partition coefficient (Wildman–Crippen LogP) is 2.56. The molecule has 0 saturated heterocycles. The number of thiazole rings is 1. The Morgan fingerprint density at radius 3 is 2.75 bits per heavy atom. The molecule has 10 nitrogen and oxygen atoms in total. The van der Waals surface area contributed by atoms with E-state index in [1.54, 1.807) is 11.3 Å². The Morgan fingerprint density at radius 1 is 1.31 bits per heavy atom. The minimum Gasteiger partial charge on any atom is -0.465 e. The first-order valence-electron chi connectivity index (χ1n) is 9.61. The molecule has 0 bridgehead atoms. The van der Waals surface area contributed by atoms with Crippen molar-refractivity contribution in [1.82, 2.24) is 9.55 Å². The number of carbonyl (C=O) groups excluding carboxylic acids is 2. The van der Waals surface area contributed by atoms with Crippen LogP contribution in [-0.2, 0) is 22.5 Å². The van der Waals surface area contributed by atoms with Crippen LogP contribution in [0.15, 0.2) is 40.6 Å². The highest BCUT2D eigenvalue weighted by Crippen LogP contribution is 2.33. The molecule has 3 aromatic rings. The van der Waals surface area contributed by atoms with Gasteiger partial charge in [0.05, 0.1) is 28.3 Å². The first kappa shape index (κ1) is 21.4. The van der Waals surface area contributed by atoms with Gasteiger partial charge in [-0.3, -0.25) is 24.3 Å². The second-order valence-corrected chi connectivity index (χ2v) is 8.25. The smallest absolute Gasteiger partial charge is 0.339 e. The molecule has 32 heavy (non-hydrogen) atoms. The number of carbonyl (C=O) groups is 2. The van der Waals surface area contributed by atoms with Crippen LogP contribution in [0.2, 0.25) is 0 Å². The number of methoxy groups -OCH3 is 1. The molecular formula is C21H18N4O6S. The van der Waals surface area contributed by atoms with Crippen LogP contribution in [-0.4, -0.2) is 40.0 Å². The summed E-state index contributed by atoms with van der Waals surface area (Å²) in [6, 6.07) is 6.56. The fraction of sp³-hybridized carbons (Fsp3) is 0.238. The summed E-state index contributed by atoms with van der Waals surface area (Å²) in [4.78, 5) is 53.7. The van der Waals surface area contributed by atoms with E-state index < -0.39 is 34.6 Å². The van der Waals surface area contributed by atoms with Crippen LogP contribution in [0.4, 0.5) is 11.4 Å². The van der Waals surface area contributed by atoms with E-state index in [4.69, 9.17) is 0 Å². The number of hydrogen-bond acceptors (Lipinski definition) is 8. The van der Waals surface area contributed by atoms with E-state index in [2.05, 4.69) is 9.72 Å². The van der Waals surface area contributed by atoms with E-state index in [1.807, 2.05) is 30.5 Å². The molecule has 2 aromatic heterocycles. The monoisotopic (exact) mass is 454 g/mol. The van der Waals surface area contributed by atoms with E-state index in [0.717, 1.165) is 51.5 Å². The van der Waals surface area contributed by atoms with Crippen LogP contribution in [0.3, 0.4) is 0 Å². The molecule has 1 amide bonds. The van der Waals surface area contributed by atoms with Crippen molar-refractivity contribution < 1.29 is 19.2 Å². The van der Waals surface area contributed by atoms with Crippen molar-refractivity contribution >= 4 is 34.6 Å². The molecule has 0 aliphatic carbocycles. The van der Waals surface area contributed by atoms with Crippen molar-refractivity contribution in [2.24, 2.45) is 0 Å². The fourth-order valence-electron chi connectivity index (χ4n) is 3.64. The van der Waals surface area contributed by atoms with Gasteiger partial charge < -0.3 is 9.64 Å². The molecule has 11 heteroatoms.